The van der Waals surface area contributed by atoms with Gasteiger partial charge in [-0.15, -0.1) is 0 Å². The van der Waals surface area contributed by atoms with E-state index in [1.54, 1.807) is 6.07 Å². The Bertz CT molecular complexity index is 601. The number of rotatable bonds is 3. The van der Waals surface area contributed by atoms with Crippen molar-refractivity contribution < 1.29 is 19.4 Å². The van der Waals surface area contributed by atoms with E-state index < -0.39 is 5.97 Å². The zero-order valence-corrected chi connectivity index (χ0v) is 10.6. The van der Waals surface area contributed by atoms with Crippen molar-refractivity contribution in [2.45, 2.75) is 13.5 Å². The average molecular weight is 249 g/mol. The van der Waals surface area contributed by atoms with Crippen LogP contribution in [0.15, 0.2) is 18.3 Å². The summed E-state index contributed by atoms with van der Waals surface area (Å²) < 4.78 is 11.7. The second-order valence-corrected chi connectivity index (χ2v) is 3.83. The highest BCUT2D eigenvalue weighted by molar-refractivity contribution is 6.06. The van der Waals surface area contributed by atoms with Crippen molar-refractivity contribution in [2.24, 2.45) is 0 Å². The fraction of sp³-hybridized carbons (Fsp3) is 0.308. The van der Waals surface area contributed by atoms with Gasteiger partial charge in [-0.25, -0.2) is 4.79 Å². The van der Waals surface area contributed by atoms with Crippen LogP contribution < -0.4 is 4.74 Å². The predicted octanol–water partition coefficient (Wildman–Crippen LogP) is 2.16. The molecule has 0 spiro atoms. The number of fused-ring (bicyclic) bond motifs is 1. The van der Waals surface area contributed by atoms with E-state index in [0.717, 1.165) is 0 Å². The first-order chi connectivity index (χ1) is 8.63. The molecule has 5 nitrogen and oxygen atoms in total. The van der Waals surface area contributed by atoms with Gasteiger partial charge in [-0.3, -0.25) is 0 Å². The number of hydrogen-bond donors (Lipinski definition) is 1. The van der Waals surface area contributed by atoms with E-state index in [9.17, 15) is 9.90 Å². The molecule has 0 aliphatic heterocycles. The Morgan fingerprint density at radius 1 is 1.44 bits per heavy atom. The van der Waals surface area contributed by atoms with Gasteiger partial charge in [0.1, 0.15) is 0 Å². The van der Waals surface area contributed by atoms with Crippen molar-refractivity contribution in [1.82, 2.24) is 4.57 Å². The summed E-state index contributed by atoms with van der Waals surface area (Å²) in [4.78, 5) is 11.7. The highest BCUT2D eigenvalue weighted by atomic mass is 16.5. The van der Waals surface area contributed by atoms with E-state index in [4.69, 9.17) is 9.47 Å². The molecule has 18 heavy (non-hydrogen) atoms. The Labute approximate surface area is 105 Å². The molecule has 1 aromatic heterocycles. The molecule has 0 aliphatic rings. The monoisotopic (exact) mass is 249 g/mol. The summed E-state index contributed by atoms with van der Waals surface area (Å²) in [5.41, 5.74) is 0.964. The van der Waals surface area contributed by atoms with Gasteiger partial charge in [-0.2, -0.15) is 0 Å². The van der Waals surface area contributed by atoms with Crippen molar-refractivity contribution in [2.75, 3.05) is 14.2 Å². The van der Waals surface area contributed by atoms with Crippen LogP contribution in [0, 0.1) is 0 Å². The van der Waals surface area contributed by atoms with Gasteiger partial charge in [-0.1, -0.05) is 0 Å². The number of carbonyl (C=O) groups excluding carboxylic acids is 1. The quantitative estimate of drug-likeness (QED) is 0.847. The number of esters is 1. The van der Waals surface area contributed by atoms with Crippen LogP contribution in [0.4, 0.5) is 0 Å². The molecule has 0 radical (unpaired) electrons. The molecule has 2 aromatic rings. The number of nitrogens with zero attached hydrogens (tertiary/aromatic N) is 1. The lowest BCUT2D eigenvalue weighted by atomic mass is 10.1. The van der Waals surface area contributed by atoms with E-state index in [-0.39, 0.29) is 11.5 Å². The smallest absolute Gasteiger partial charge is 0.338 e. The van der Waals surface area contributed by atoms with E-state index in [1.165, 1.54) is 20.3 Å². The fourth-order valence-corrected chi connectivity index (χ4v) is 2.05. The molecule has 0 saturated heterocycles. The van der Waals surface area contributed by atoms with Crippen molar-refractivity contribution in [1.29, 1.82) is 0 Å². The first kappa shape index (κ1) is 12.3. The van der Waals surface area contributed by atoms with Crippen LogP contribution in [-0.4, -0.2) is 29.9 Å². The predicted molar refractivity (Wildman–Crippen MR) is 67.2 cm³/mol. The summed E-state index contributed by atoms with van der Waals surface area (Å²) in [7, 11) is 2.77. The Morgan fingerprint density at radius 3 is 2.72 bits per heavy atom. The van der Waals surface area contributed by atoms with Crippen LogP contribution in [0.3, 0.4) is 0 Å². The number of aromatic nitrogens is 1. The lowest BCUT2D eigenvalue weighted by Gasteiger charge is -2.10. The SMILES string of the molecule is CCn1ccc2c(C(=O)OC)cc(OC)c(O)c21. The third-order valence-electron chi connectivity index (χ3n) is 2.95. The Balaban J connectivity index is 2.83. The lowest BCUT2D eigenvalue weighted by molar-refractivity contribution is 0.0602. The molecular weight excluding hydrogens is 234 g/mol. The molecule has 1 aromatic carbocycles. The molecule has 2 rings (SSSR count). The molecule has 0 unspecified atom stereocenters. The van der Waals surface area contributed by atoms with Crippen molar-refractivity contribution in [3.05, 3.63) is 23.9 Å². The van der Waals surface area contributed by atoms with Gasteiger partial charge in [-0.05, 0) is 19.1 Å². The summed E-state index contributed by atoms with van der Waals surface area (Å²) in [5.74, 6) is -0.157. The molecule has 0 atom stereocenters. The second kappa shape index (κ2) is 4.60. The van der Waals surface area contributed by atoms with Crippen LogP contribution >= 0.6 is 0 Å². The minimum absolute atomic E-state index is 0.0343. The largest absolute Gasteiger partial charge is 0.503 e. The van der Waals surface area contributed by atoms with Crippen LogP contribution in [-0.2, 0) is 11.3 Å². The Kier molecular flexibility index (Phi) is 3.14. The lowest BCUT2D eigenvalue weighted by Crippen LogP contribution is -2.03. The third-order valence-corrected chi connectivity index (χ3v) is 2.95. The highest BCUT2D eigenvalue weighted by Gasteiger charge is 2.19. The summed E-state index contributed by atoms with van der Waals surface area (Å²) in [5, 5.41) is 10.8. The van der Waals surface area contributed by atoms with E-state index >= 15 is 0 Å². The Morgan fingerprint density at radius 2 is 2.17 bits per heavy atom. The van der Waals surface area contributed by atoms with E-state index in [0.29, 0.717) is 23.0 Å². The van der Waals surface area contributed by atoms with Gasteiger partial charge in [0.15, 0.2) is 11.5 Å². The molecule has 0 saturated carbocycles. The molecule has 0 bridgehead atoms. The van der Waals surface area contributed by atoms with Gasteiger partial charge >= 0.3 is 5.97 Å². The molecular formula is C13H15NO4. The standard InChI is InChI=1S/C13H15NO4/c1-4-14-6-5-8-9(13(16)18-3)7-10(17-2)12(15)11(8)14/h5-7,15H,4H2,1-3H3. The number of hydrogen-bond acceptors (Lipinski definition) is 4. The zero-order valence-electron chi connectivity index (χ0n) is 10.6. The molecule has 5 heteroatoms. The average Bonchev–Trinajstić information content (AvgIpc) is 2.82. The van der Waals surface area contributed by atoms with Crippen LogP contribution in [0.25, 0.3) is 10.9 Å². The van der Waals surface area contributed by atoms with E-state index in [2.05, 4.69) is 0 Å². The van der Waals surface area contributed by atoms with Crippen molar-refractivity contribution in [3.8, 4) is 11.5 Å². The molecule has 0 fully saturated rings. The normalized spacial score (nSPS) is 10.6. The summed E-state index contributed by atoms with van der Waals surface area (Å²) in [6.45, 7) is 2.64. The molecule has 1 heterocycles. The minimum Gasteiger partial charge on any atom is -0.503 e. The van der Waals surface area contributed by atoms with Gasteiger partial charge < -0.3 is 19.1 Å². The zero-order chi connectivity index (χ0) is 13.3. The van der Waals surface area contributed by atoms with Gasteiger partial charge in [0.05, 0.1) is 25.3 Å². The summed E-state index contributed by atoms with van der Waals surface area (Å²) in [6, 6.07) is 3.27. The number of phenols is 1. The third kappa shape index (κ3) is 1.68. The van der Waals surface area contributed by atoms with Gasteiger partial charge in [0.25, 0.3) is 0 Å². The van der Waals surface area contributed by atoms with Gasteiger partial charge in [0, 0.05) is 18.1 Å². The minimum atomic E-state index is -0.452. The van der Waals surface area contributed by atoms with Crippen molar-refractivity contribution >= 4 is 16.9 Å². The number of aromatic hydroxyl groups is 1. The van der Waals surface area contributed by atoms with Crippen LogP contribution in [0.5, 0.6) is 11.5 Å². The number of benzene rings is 1. The number of phenolic OH excluding ortho intramolecular Hbond substituents is 1. The Hall–Kier alpha value is -2.17. The molecule has 0 aliphatic carbocycles. The number of aryl methyl sites for hydroxylation is 1. The molecule has 0 amide bonds. The van der Waals surface area contributed by atoms with Crippen LogP contribution in [0.2, 0.25) is 0 Å². The fourth-order valence-electron chi connectivity index (χ4n) is 2.05. The second-order valence-electron chi connectivity index (χ2n) is 3.83. The maximum Gasteiger partial charge on any atom is 0.338 e. The topological polar surface area (TPSA) is 60.7 Å². The first-order valence-electron chi connectivity index (χ1n) is 5.61. The maximum atomic E-state index is 11.7. The van der Waals surface area contributed by atoms with E-state index in [1.807, 2.05) is 17.7 Å². The number of ether oxygens (including phenoxy) is 2. The van der Waals surface area contributed by atoms with Gasteiger partial charge in [0.2, 0.25) is 0 Å². The number of carbonyl (C=O) groups is 1. The van der Waals surface area contributed by atoms with Crippen molar-refractivity contribution in [3.63, 3.8) is 0 Å². The number of methoxy groups -OCH3 is 2. The summed E-state index contributed by atoms with van der Waals surface area (Å²) in [6.07, 6.45) is 1.82. The summed E-state index contributed by atoms with van der Waals surface area (Å²) >= 11 is 0. The first-order valence-corrected chi connectivity index (χ1v) is 5.61. The maximum absolute atomic E-state index is 11.7. The molecule has 96 valence electrons. The van der Waals surface area contributed by atoms with Crippen LogP contribution in [0.1, 0.15) is 17.3 Å². The molecule has 1 N–H and O–H groups in total. The highest BCUT2D eigenvalue weighted by Crippen LogP contribution is 2.37.